The molecule has 0 aliphatic carbocycles. The molecule has 0 saturated carbocycles. The molecule has 0 spiro atoms. The molecule has 1 aromatic rings. The Bertz CT molecular complexity index is 563. The van der Waals surface area contributed by atoms with Gasteiger partial charge >= 0.3 is 6.09 Å². The number of fused-ring (bicyclic) bond motifs is 1. The van der Waals surface area contributed by atoms with E-state index in [2.05, 4.69) is 25.0 Å². The highest BCUT2D eigenvalue weighted by atomic mass is 16.6. The fraction of sp³-hybridized carbons (Fsp3) is 0.812. The van der Waals surface area contributed by atoms with E-state index in [4.69, 9.17) is 4.74 Å². The number of anilines is 1. The Morgan fingerprint density at radius 2 is 2.04 bits per heavy atom. The Labute approximate surface area is 137 Å². The number of hydrogen-bond donors (Lipinski definition) is 1. The number of alkyl carbamates (subject to hydrolysis) is 1. The lowest BCUT2D eigenvalue weighted by Gasteiger charge is -2.34. The summed E-state index contributed by atoms with van der Waals surface area (Å²) in [5.41, 5.74) is -0.468. The number of carbonyl (C=O) groups is 1. The second-order valence-corrected chi connectivity index (χ2v) is 7.46. The molecule has 0 aromatic carbocycles. The summed E-state index contributed by atoms with van der Waals surface area (Å²) in [5.74, 6) is 2.05. The summed E-state index contributed by atoms with van der Waals surface area (Å²) in [4.78, 5) is 14.2. The van der Waals surface area contributed by atoms with Crippen molar-refractivity contribution in [3.8, 4) is 0 Å². The van der Waals surface area contributed by atoms with Gasteiger partial charge in [0.2, 0.25) is 5.95 Å². The number of aromatic nitrogens is 3. The molecule has 3 rings (SSSR count). The number of nitrogens with one attached hydrogen (secondary N) is 1. The molecule has 1 amide bonds. The second kappa shape index (κ2) is 6.37. The van der Waals surface area contributed by atoms with Crippen LogP contribution in [0.1, 0.15) is 52.3 Å². The van der Waals surface area contributed by atoms with Gasteiger partial charge in [0.1, 0.15) is 11.4 Å². The maximum absolute atomic E-state index is 12.0. The number of aryl methyl sites for hydroxylation is 1. The highest BCUT2D eigenvalue weighted by Crippen LogP contribution is 2.23. The fourth-order valence-corrected chi connectivity index (χ4v) is 3.28. The molecule has 1 fully saturated rings. The molecular weight excluding hydrogens is 294 g/mol. The molecule has 23 heavy (non-hydrogen) atoms. The van der Waals surface area contributed by atoms with Gasteiger partial charge in [-0.1, -0.05) is 0 Å². The monoisotopic (exact) mass is 321 g/mol. The van der Waals surface area contributed by atoms with E-state index in [9.17, 15) is 4.79 Å². The predicted octanol–water partition coefficient (Wildman–Crippen LogP) is 2.11. The van der Waals surface area contributed by atoms with E-state index < -0.39 is 5.60 Å². The summed E-state index contributed by atoms with van der Waals surface area (Å²) in [5, 5.41) is 11.7. The number of piperidine rings is 1. The Hall–Kier alpha value is -1.79. The zero-order valence-electron chi connectivity index (χ0n) is 14.3. The van der Waals surface area contributed by atoms with E-state index in [0.717, 1.165) is 50.7 Å². The van der Waals surface area contributed by atoms with Crippen LogP contribution in [0.3, 0.4) is 0 Å². The Kier molecular flexibility index (Phi) is 4.46. The molecule has 1 saturated heterocycles. The molecule has 7 heteroatoms. The van der Waals surface area contributed by atoms with Gasteiger partial charge in [0, 0.05) is 32.1 Å². The Morgan fingerprint density at radius 3 is 2.83 bits per heavy atom. The van der Waals surface area contributed by atoms with E-state index in [1.165, 1.54) is 12.8 Å². The van der Waals surface area contributed by atoms with Crippen molar-refractivity contribution in [2.45, 2.75) is 71.1 Å². The maximum Gasteiger partial charge on any atom is 0.407 e. The molecule has 1 atom stereocenters. The Balaban J connectivity index is 1.62. The highest BCUT2D eigenvalue weighted by Gasteiger charge is 2.28. The van der Waals surface area contributed by atoms with Crippen LogP contribution in [0.2, 0.25) is 0 Å². The predicted molar refractivity (Wildman–Crippen MR) is 87.6 cm³/mol. The van der Waals surface area contributed by atoms with E-state index >= 15 is 0 Å². The lowest BCUT2D eigenvalue weighted by Crippen LogP contribution is -2.49. The quantitative estimate of drug-likeness (QED) is 0.903. The average molecular weight is 321 g/mol. The third-order valence-electron chi connectivity index (χ3n) is 4.27. The van der Waals surface area contributed by atoms with Crippen LogP contribution in [-0.4, -0.2) is 45.6 Å². The van der Waals surface area contributed by atoms with Gasteiger partial charge in [-0.15, -0.1) is 10.2 Å². The van der Waals surface area contributed by atoms with Gasteiger partial charge in [-0.05, 0) is 46.5 Å². The largest absolute Gasteiger partial charge is 0.444 e. The fourth-order valence-electron chi connectivity index (χ4n) is 3.28. The van der Waals surface area contributed by atoms with Crippen molar-refractivity contribution in [2.24, 2.45) is 0 Å². The molecule has 3 heterocycles. The Morgan fingerprint density at radius 1 is 1.22 bits per heavy atom. The smallest absolute Gasteiger partial charge is 0.407 e. The number of amides is 1. The summed E-state index contributed by atoms with van der Waals surface area (Å²) in [7, 11) is 0. The van der Waals surface area contributed by atoms with Crippen molar-refractivity contribution in [2.75, 3.05) is 18.0 Å². The minimum Gasteiger partial charge on any atom is -0.444 e. The first-order chi connectivity index (χ1) is 10.9. The topological polar surface area (TPSA) is 72.3 Å². The zero-order valence-corrected chi connectivity index (χ0v) is 14.3. The lowest BCUT2D eigenvalue weighted by atomic mass is 10.1. The van der Waals surface area contributed by atoms with Crippen molar-refractivity contribution in [3.63, 3.8) is 0 Å². The zero-order chi connectivity index (χ0) is 16.4. The van der Waals surface area contributed by atoms with Crippen molar-refractivity contribution < 1.29 is 9.53 Å². The van der Waals surface area contributed by atoms with Gasteiger partial charge in [0.15, 0.2) is 0 Å². The summed E-state index contributed by atoms with van der Waals surface area (Å²) < 4.78 is 7.59. The van der Waals surface area contributed by atoms with Gasteiger partial charge in [0.05, 0.1) is 0 Å². The van der Waals surface area contributed by atoms with Crippen molar-refractivity contribution in [1.29, 1.82) is 0 Å². The van der Waals surface area contributed by atoms with E-state index in [1.807, 2.05) is 20.8 Å². The first-order valence-electron chi connectivity index (χ1n) is 8.59. The number of carbonyl (C=O) groups excluding carboxylic acids is 1. The van der Waals surface area contributed by atoms with Gasteiger partial charge in [-0.3, -0.25) is 4.57 Å². The number of hydrogen-bond acceptors (Lipinski definition) is 5. The van der Waals surface area contributed by atoms with E-state index in [1.54, 1.807) is 0 Å². The summed E-state index contributed by atoms with van der Waals surface area (Å²) >= 11 is 0. The van der Waals surface area contributed by atoms with Gasteiger partial charge < -0.3 is 15.0 Å². The number of ether oxygens (including phenoxy) is 1. The minimum absolute atomic E-state index is 0.0927. The standard InChI is InChI=1S/C16H27N5O2/c1-16(2,3)23-15(22)17-12-7-6-9-20(11-12)14-19-18-13-8-4-5-10-21(13)14/h12H,4-11H2,1-3H3,(H,17,22)/t12-/m1/s1. The normalized spacial score (nSPS) is 21.7. The lowest BCUT2D eigenvalue weighted by molar-refractivity contribution is 0.0500. The van der Waals surface area contributed by atoms with Crippen LogP contribution >= 0.6 is 0 Å². The van der Waals surface area contributed by atoms with Crippen LogP contribution in [0.4, 0.5) is 10.7 Å². The maximum atomic E-state index is 12.0. The molecule has 0 unspecified atom stereocenters. The van der Waals surface area contributed by atoms with Crippen molar-refractivity contribution >= 4 is 12.0 Å². The summed E-state index contributed by atoms with van der Waals surface area (Å²) in [6, 6.07) is 0.0927. The van der Waals surface area contributed by atoms with Crippen LogP contribution in [0, 0.1) is 0 Å². The van der Waals surface area contributed by atoms with Crippen LogP contribution in [-0.2, 0) is 17.7 Å². The van der Waals surface area contributed by atoms with Crippen LogP contribution in [0.25, 0.3) is 0 Å². The van der Waals surface area contributed by atoms with Crippen molar-refractivity contribution in [1.82, 2.24) is 20.1 Å². The molecule has 2 aliphatic rings. The van der Waals surface area contributed by atoms with Gasteiger partial charge in [-0.2, -0.15) is 0 Å². The third kappa shape index (κ3) is 3.95. The highest BCUT2D eigenvalue weighted by molar-refractivity contribution is 5.68. The first-order valence-corrected chi connectivity index (χ1v) is 8.59. The molecule has 1 aromatic heterocycles. The van der Waals surface area contributed by atoms with E-state index in [0.29, 0.717) is 0 Å². The van der Waals surface area contributed by atoms with Gasteiger partial charge in [-0.25, -0.2) is 4.79 Å². The molecular formula is C16H27N5O2. The average Bonchev–Trinajstić information content (AvgIpc) is 2.89. The molecule has 128 valence electrons. The van der Waals surface area contributed by atoms with Gasteiger partial charge in [0.25, 0.3) is 0 Å². The summed E-state index contributed by atoms with van der Waals surface area (Å²) in [6.45, 7) is 8.35. The molecule has 0 bridgehead atoms. The molecule has 1 N–H and O–H groups in total. The van der Waals surface area contributed by atoms with Crippen molar-refractivity contribution in [3.05, 3.63) is 5.82 Å². The number of rotatable bonds is 2. The SMILES string of the molecule is CC(C)(C)OC(=O)N[C@@H]1CCCN(c2nnc3n2CCCC3)C1. The number of nitrogens with zero attached hydrogens (tertiary/aromatic N) is 4. The second-order valence-electron chi connectivity index (χ2n) is 7.46. The third-order valence-corrected chi connectivity index (χ3v) is 4.27. The summed E-state index contributed by atoms with van der Waals surface area (Å²) in [6.07, 6.45) is 5.05. The molecule has 7 nitrogen and oxygen atoms in total. The van der Waals surface area contributed by atoms with Crippen LogP contribution in [0.5, 0.6) is 0 Å². The first kappa shape index (κ1) is 16.1. The van der Waals surface area contributed by atoms with Crippen LogP contribution < -0.4 is 10.2 Å². The molecule has 0 radical (unpaired) electrons. The van der Waals surface area contributed by atoms with Crippen LogP contribution in [0.15, 0.2) is 0 Å². The minimum atomic E-state index is -0.468. The molecule has 2 aliphatic heterocycles. The van der Waals surface area contributed by atoms with E-state index in [-0.39, 0.29) is 12.1 Å².